The van der Waals surface area contributed by atoms with E-state index in [2.05, 4.69) is 16.3 Å². The number of rotatable bonds is 4. The average molecular weight is 235 g/mol. The molecule has 2 aromatic rings. The van der Waals surface area contributed by atoms with Crippen LogP contribution in [0.15, 0.2) is 32.2 Å². The fourth-order valence-electron chi connectivity index (χ4n) is 1.56. The van der Waals surface area contributed by atoms with Gasteiger partial charge in [-0.2, -0.15) is 0 Å². The van der Waals surface area contributed by atoms with Crippen LogP contribution in [0.4, 0.5) is 0 Å². The molecule has 17 heavy (non-hydrogen) atoms. The van der Waals surface area contributed by atoms with E-state index in [9.17, 15) is 9.59 Å². The van der Waals surface area contributed by atoms with Crippen molar-refractivity contribution >= 4 is 10.9 Å². The molecule has 0 radical (unpaired) electrons. The number of unbranched alkanes of at least 4 members (excludes halogenated alkanes) is 1. The lowest BCUT2D eigenvalue weighted by molar-refractivity contribution is 0.311. The second-order valence-electron chi connectivity index (χ2n) is 3.68. The van der Waals surface area contributed by atoms with E-state index in [1.807, 2.05) is 0 Å². The van der Waals surface area contributed by atoms with Gasteiger partial charge in [0.05, 0.1) is 12.1 Å². The molecule has 0 aliphatic carbocycles. The molecule has 1 N–H and O–H groups in total. The number of aromatic nitrogens is 1. The third kappa shape index (κ3) is 2.38. The molecule has 0 atom stereocenters. The monoisotopic (exact) mass is 235 g/mol. The summed E-state index contributed by atoms with van der Waals surface area (Å²) in [5, 5.41) is 0.281. The third-order valence-corrected chi connectivity index (χ3v) is 2.41. The van der Waals surface area contributed by atoms with E-state index < -0.39 is 11.4 Å². The molecule has 90 valence electrons. The molecule has 0 unspecified atom stereocenters. The van der Waals surface area contributed by atoms with Crippen molar-refractivity contribution in [2.75, 3.05) is 6.61 Å². The van der Waals surface area contributed by atoms with Gasteiger partial charge >= 0.3 is 11.4 Å². The van der Waals surface area contributed by atoms with Crippen molar-refractivity contribution in [2.24, 2.45) is 0 Å². The number of benzene rings is 1. The highest BCUT2D eigenvalue weighted by molar-refractivity contribution is 5.83. The Morgan fingerprint density at radius 3 is 2.94 bits per heavy atom. The number of H-pyrrole nitrogens is 1. The van der Waals surface area contributed by atoms with Crippen molar-refractivity contribution < 1.29 is 9.15 Å². The summed E-state index contributed by atoms with van der Waals surface area (Å²) in [7, 11) is 0. The molecule has 1 aromatic heterocycles. The van der Waals surface area contributed by atoms with Crippen LogP contribution in [0.5, 0.6) is 5.75 Å². The lowest BCUT2D eigenvalue weighted by Crippen LogP contribution is -2.15. The molecule has 0 saturated carbocycles. The molecule has 0 amide bonds. The maximum Gasteiger partial charge on any atom is 0.419 e. The molecule has 0 spiro atoms. The summed E-state index contributed by atoms with van der Waals surface area (Å²) in [6.07, 6.45) is 1.92. The fraction of sp³-hybridized carbons (Fsp3) is 0.333. The Bertz CT molecular complexity index is 626. The topological polar surface area (TPSA) is 72.3 Å². The Morgan fingerprint density at radius 1 is 1.35 bits per heavy atom. The summed E-state index contributed by atoms with van der Waals surface area (Å²) in [5.74, 6) is -0.311. The van der Waals surface area contributed by atoms with E-state index in [4.69, 9.17) is 4.74 Å². The number of nitrogens with one attached hydrogen (secondary N) is 1. The number of aromatic amines is 1. The zero-order valence-corrected chi connectivity index (χ0v) is 9.49. The van der Waals surface area contributed by atoms with Gasteiger partial charge in [-0.05, 0) is 18.6 Å². The van der Waals surface area contributed by atoms with E-state index in [0.29, 0.717) is 17.9 Å². The lowest BCUT2D eigenvalue weighted by atomic mass is 10.2. The minimum atomic E-state index is -0.756. The molecule has 2 rings (SSSR count). The number of fused-ring (bicyclic) bond motifs is 1. The lowest BCUT2D eigenvalue weighted by Gasteiger charge is -2.06. The summed E-state index contributed by atoms with van der Waals surface area (Å²) in [6.45, 7) is 2.59. The van der Waals surface area contributed by atoms with Gasteiger partial charge in [0, 0.05) is 0 Å². The van der Waals surface area contributed by atoms with Crippen molar-refractivity contribution in [3.05, 3.63) is 39.2 Å². The highest BCUT2D eigenvalue weighted by Crippen LogP contribution is 2.20. The summed E-state index contributed by atoms with van der Waals surface area (Å²) in [6, 6.07) is 5.05. The number of hydrogen-bond acceptors (Lipinski definition) is 4. The van der Waals surface area contributed by atoms with Gasteiger partial charge in [0.25, 0.3) is 0 Å². The van der Waals surface area contributed by atoms with Gasteiger partial charge in [0.1, 0.15) is 11.1 Å². The number of ether oxygens (including phenoxy) is 1. The van der Waals surface area contributed by atoms with Crippen LogP contribution in [0.3, 0.4) is 0 Å². The molecule has 0 bridgehead atoms. The summed E-state index contributed by atoms with van der Waals surface area (Å²) < 4.78 is 9.99. The summed E-state index contributed by atoms with van der Waals surface area (Å²) >= 11 is 0. The highest BCUT2D eigenvalue weighted by Gasteiger charge is 2.08. The Labute approximate surface area is 97.0 Å². The van der Waals surface area contributed by atoms with Crippen LogP contribution in [0.1, 0.15) is 19.8 Å². The Balaban J connectivity index is 2.49. The zero-order valence-electron chi connectivity index (χ0n) is 9.49. The molecule has 5 nitrogen and oxygen atoms in total. The molecule has 0 aliphatic rings. The second kappa shape index (κ2) is 4.86. The fourth-order valence-corrected chi connectivity index (χ4v) is 1.56. The van der Waals surface area contributed by atoms with Crippen molar-refractivity contribution in [2.45, 2.75) is 19.8 Å². The van der Waals surface area contributed by atoms with Gasteiger partial charge in [0.15, 0.2) is 0 Å². The number of hydrogen-bond donors (Lipinski definition) is 1. The first-order chi connectivity index (χ1) is 8.22. The average Bonchev–Trinajstić information content (AvgIpc) is 2.28. The van der Waals surface area contributed by atoms with Crippen LogP contribution in [0, 0.1) is 0 Å². The first-order valence-electron chi connectivity index (χ1n) is 5.51. The normalized spacial score (nSPS) is 10.6. The maximum absolute atomic E-state index is 11.6. The second-order valence-corrected chi connectivity index (χ2v) is 3.68. The van der Waals surface area contributed by atoms with Gasteiger partial charge in [-0.25, -0.2) is 9.59 Å². The van der Waals surface area contributed by atoms with E-state index in [1.54, 1.807) is 18.2 Å². The standard InChI is InChI=1S/C12H13NO4/c1-2-3-7-16-9-6-4-5-8-10(9)11(14)17-12(15)13-8/h4-6H,2-3,7H2,1H3,(H,13,15). The van der Waals surface area contributed by atoms with Crippen molar-refractivity contribution in [3.63, 3.8) is 0 Å². The van der Waals surface area contributed by atoms with E-state index in [0.717, 1.165) is 12.8 Å². The summed E-state index contributed by atoms with van der Waals surface area (Å²) in [5.41, 5.74) is -0.240. The predicted molar refractivity (Wildman–Crippen MR) is 63.5 cm³/mol. The van der Waals surface area contributed by atoms with Gasteiger partial charge in [-0.15, -0.1) is 0 Å². The molecule has 1 aromatic carbocycles. The van der Waals surface area contributed by atoms with Crippen LogP contribution >= 0.6 is 0 Å². The first kappa shape index (κ1) is 11.4. The van der Waals surface area contributed by atoms with E-state index >= 15 is 0 Å². The minimum absolute atomic E-state index is 0.281. The quantitative estimate of drug-likeness (QED) is 0.818. The Kier molecular flexibility index (Phi) is 3.27. The third-order valence-electron chi connectivity index (χ3n) is 2.41. The first-order valence-corrected chi connectivity index (χ1v) is 5.51. The smallest absolute Gasteiger partial charge is 0.419 e. The van der Waals surface area contributed by atoms with E-state index in [-0.39, 0.29) is 5.39 Å². The Hall–Kier alpha value is -2.04. The molecule has 0 aliphatic heterocycles. The molecular weight excluding hydrogens is 222 g/mol. The van der Waals surface area contributed by atoms with Crippen molar-refractivity contribution in [3.8, 4) is 5.75 Å². The largest absolute Gasteiger partial charge is 0.493 e. The minimum Gasteiger partial charge on any atom is -0.493 e. The SMILES string of the molecule is CCCCOc1cccc2[nH]c(=O)oc(=O)c12. The predicted octanol–water partition coefficient (Wildman–Crippen LogP) is 1.66. The highest BCUT2D eigenvalue weighted by atomic mass is 16.5. The van der Waals surface area contributed by atoms with Gasteiger partial charge in [0.2, 0.25) is 0 Å². The van der Waals surface area contributed by atoms with Gasteiger partial charge in [-0.3, -0.25) is 4.98 Å². The van der Waals surface area contributed by atoms with Crippen molar-refractivity contribution in [1.82, 2.24) is 4.98 Å². The molecule has 0 fully saturated rings. The van der Waals surface area contributed by atoms with Gasteiger partial charge < -0.3 is 9.15 Å². The van der Waals surface area contributed by atoms with Crippen LogP contribution in [-0.2, 0) is 0 Å². The molecule has 1 heterocycles. The molecular formula is C12H13NO4. The van der Waals surface area contributed by atoms with E-state index in [1.165, 1.54) is 0 Å². The molecule has 5 heteroatoms. The van der Waals surface area contributed by atoms with Crippen LogP contribution in [-0.4, -0.2) is 11.6 Å². The van der Waals surface area contributed by atoms with Gasteiger partial charge in [-0.1, -0.05) is 19.4 Å². The summed E-state index contributed by atoms with van der Waals surface area (Å²) in [4.78, 5) is 25.1. The van der Waals surface area contributed by atoms with Crippen LogP contribution < -0.4 is 16.1 Å². The van der Waals surface area contributed by atoms with Crippen LogP contribution in [0.25, 0.3) is 10.9 Å². The maximum atomic E-state index is 11.6. The van der Waals surface area contributed by atoms with Crippen molar-refractivity contribution in [1.29, 1.82) is 0 Å². The van der Waals surface area contributed by atoms with Crippen LogP contribution in [0.2, 0.25) is 0 Å². The zero-order chi connectivity index (χ0) is 12.3. The Morgan fingerprint density at radius 2 is 2.18 bits per heavy atom. The molecule has 0 saturated heterocycles.